The molecule has 0 saturated heterocycles. The summed E-state index contributed by atoms with van der Waals surface area (Å²) in [4.78, 5) is 4.63. The first kappa shape index (κ1) is 19.6. The van der Waals surface area contributed by atoms with Gasteiger partial charge in [0.05, 0.1) is 22.9 Å². The van der Waals surface area contributed by atoms with Crippen molar-refractivity contribution in [2.45, 2.75) is 40.0 Å². The van der Waals surface area contributed by atoms with E-state index in [1.807, 2.05) is 55.5 Å². The van der Waals surface area contributed by atoms with Crippen LogP contribution in [0.2, 0.25) is 0 Å². The highest BCUT2D eigenvalue weighted by atomic mass is 16.4. The molecule has 1 atom stereocenters. The number of nitriles is 1. The van der Waals surface area contributed by atoms with Gasteiger partial charge in [0.2, 0.25) is 5.89 Å². The highest BCUT2D eigenvalue weighted by molar-refractivity contribution is 5.83. The number of hydrogen-bond donors (Lipinski definition) is 1. The van der Waals surface area contributed by atoms with Crippen LogP contribution in [0.1, 0.15) is 43.7 Å². The zero-order chi connectivity index (χ0) is 20.1. The Hall–Kier alpha value is -3.19. The summed E-state index contributed by atoms with van der Waals surface area (Å²) in [6.07, 6.45) is 2.34. The van der Waals surface area contributed by atoms with Gasteiger partial charge in [0.15, 0.2) is 0 Å². The van der Waals surface area contributed by atoms with Crippen LogP contribution in [0, 0.1) is 29.6 Å². The number of aromatic nitrogens is 1. The van der Waals surface area contributed by atoms with Crippen LogP contribution in [0.25, 0.3) is 22.6 Å². The van der Waals surface area contributed by atoms with Crippen LogP contribution in [0.15, 0.2) is 52.9 Å². The number of nitrogens with one attached hydrogen (secondary N) is 1. The van der Waals surface area contributed by atoms with Crippen molar-refractivity contribution in [3.05, 3.63) is 65.5 Å². The lowest BCUT2D eigenvalue weighted by Gasteiger charge is -2.09. The minimum absolute atomic E-state index is 0.294. The minimum Gasteiger partial charge on any atom is -0.441 e. The maximum absolute atomic E-state index is 9.64. The van der Waals surface area contributed by atoms with E-state index < -0.39 is 0 Å². The maximum atomic E-state index is 9.64. The van der Waals surface area contributed by atoms with E-state index in [2.05, 4.69) is 24.9 Å². The van der Waals surface area contributed by atoms with Crippen LogP contribution < -0.4 is 0 Å². The van der Waals surface area contributed by atoms with E-state index in [1.54, 1.807) is 0 Å². The topological polar surface area (TPSA) is 73.7 Å². The smallest absolute Gasteiger partial charge is 0.227 e. The molecule has 142 valence electrons. The summed E-state index contributed by atoms with van der Waals surface area (Å²) < 4.78 is 5.88. The Bertz CT molecular complexity index is 1010. The Morgan fingerprint density at radius 1 is 1.18 bits per heavy atom. The van der Waals surface area contributed by atoms with Gasteiger partial charge in [-0.15, -0.1) is 0 Å². The fourth-order valence-electron chi connectivity index (χ4n) is 3.15. The molecule has 0 aliphatic carbocycles. The molecule has 1 heterocycles. The van der Waals surface area contributed by atoms with Gasteiger partial charge in [-0.1, -0.05) is 50.2 Å². The predicted octanol–water partition coefficient (Wildman–Crippen LogP) is 6.19. The van der Waals surface area contributed by atoms with Crippen molar-refractivity contribution >= 4 is 5.71 Å². The summed E-state index contributed by atoms with van der Waals surface area (Å²) in [7, 11) is 0. The summed E-state index contributed by atoms with van der Waals surface area (Å²) in [6, 6.07) is 18.0. The lowest BCUT2D eigenvalue weighted by atomic mass is 9.98. The fourth-order valence-corrected chi connectivity index (χ4v) is 3.15. The standard InChI is InChI=1S/C24H25N3O/c1-4-16(2)22(26)12-13-23-17(3)28-24(27-23)21-11-10-19(14-20(21)15-25)18-8-6-5-7-9-18/h5-11,14,16,26H,4,12-13H2,1-3H3. The average molecular weight is 371 g/mol. The van der Waals surface area contributed by atoms with Gasteiger partial charge in [0, 0.05) is 5.71 Å². The largest absolute Gasteiger partial charge is 0.441 e. The molecule has 28 heavy (non-hydrogen) atoms. The molecule has 0 spiro atoms. The second kappa shape index (κ2) is 8.67. The van der Waals surface area contributed by atoms with Crippen molar-refractivity contribution in [1.29, 1.82) is 10.7 Å². The zero-order valence-corrected chi connectivity index (χ0v) is 16.6. The third kappa shape index (κ3) is 4.20. The molecule has 0 bridgehead atoms. The van der Waals surface area contributed by atoms with Gasteiger partial charge in [-0.2, -0.15) is 5.26 Å². The van der Waals surface area contributed by atoms with Crippen LogP contribution in [0.5, 0.6) is 0 Å². The third-order valence-electron chi connectivity index (χ3n) is 5.21. The lowest BCUT2D eigenvalue weighted by Crippen LogP contribution is -2.10. The van der Waals surface area contributed by atoms with Crippen molar-refractivity contribution in [1.82, 2.24) is 4.98 Å². The predicted molar refractivity (Wildman–Crippen MR) is 112 cm³/mol. The van der Waals surface area contributed by atoms with Crippen LogP contribution in [0.4, 0.5) is 0 Å². The molecular formula is C24H25N3O. The Morgan fingerprint density at radius 2 is 1.93 bits per heavy atom. The minimum atomic E-state index is 0.294. The Labute approximate surface area is 166 Å². The number of benzene rings is 2. The second-order valence-electron chi connectivity index (χ2n) is 7.09. The van der Waals surface area contributed by atoms with E-state index in [0.29, 0.717) is 35.8 Å². The van der Waals surface area contributed by atoms with Gasteiger partial charge in [-0.3, -0.25) is 0 Å². The van der Waals surface area contributed by atoms with E-state index in [0.717, 1.165) is 34.7 Å². The number of rotatable bonds is 7. The van der Waals surface area contributed by atoms with Crippen LogP contribution in [-0.2, 0) is 6.42 Å². The van der Waals surface area contributed by atoms with E-state index >= 15 is 0 Å². The van der Waals surface area contributed by atoms with Crippen molar-refractivity contribution in [3.63, 3.8) is 0 Å². The first-order chi connectivity index (χ1) is 13.5. The average Bonchev–Trinajstić information content (AvgIpc) is 3.11. The van der Waals surface area contributed by atoms with E-state index in [4.69, 9.17) is 9.83 Å². The van der Waals surface area contributed by atoms with E-state index in [-0.39, 0.29) is 0 Å². The van der Waals surface area contributed by atoms with Crippen molar-refractivity contribution in [3.8, 4) is 28.7 Å². The molecule has 1 unspecified atom stereocenters. The second-order valence-corrected chi connectivity index (χ2v) is 7.09. The Balaban J connectivity index is 1.86. The molecule has 3 aromatic rings. The monoisotopic (exact) mass is 371 g/mol. The molecule has 1 N–H and O–H groups in total. The summed E-state index contributed by atoms with van der Waals surface area (Å²) >= 11 is 0. The molecule has 0 saturated carbocycles. The number of aryl methyl sites for hydroxylation is 2. The maximum Gasteiger partial charge on any atom is 0.227 e. The summed E-state index contributed by atoms with van der Waals surface area (Å²) in [5.41, 5.74) is 4.91. The Kier molecular flexibility index (Phi) is 6.06. The molecule has 0 radical (unpaired) electrons. The number of oxazole rings is 1. The van der Waals surface area contributed by atoms with Gasteiger partial charge in [-0.25, -0.2) is 4.98 Å². The molecule has 0 aliphatic rings. The van der Waals surface area contributed by atoms with Crippen LogP contribution >= 0.6 is 0 Å². The van der Waals surface area contributed by atoms with Crippen molar-refractivity contribution < 1.29 is 4.42 Å². The normalized spacial score (nSPS) is 11.8. The molecule has 4 heteroatoms. The third-order valence-corrected chi connectivity index (χ3v) is 5.21. The SMILES string of the molecule is CCC(C)C(=N)CCc1nc(-c2ccc(-c3ccccc3)cc2C#N)oc1C. The first-order valence-electron chi connectivity index (χ1n) is 9.67. The van der Waals surface area contributed by atoms with Crippen LogP contribution in [-0.4, -0.2) is 10.7 Å². The molecule has 0 amide bonds. The summed E-state index contributed by atoms with van der Waals surface area (Å²) in [5.74, 6) is 1.52. The molecule has 3 rings (SSSR count). The lowest BCUT2D eigenvalue weighted by molar-refractivity contribution is 0.539. The first-order valence-corrected chi connectivity index (χ1v) is 9.67. The number of nitrogens with zero attached hydrogens (tertiary/aromatic N) is 2. The van der Waals surface area contributed by atoms with Gasteiger partial charge < -0.3 is 9.83 Å². The van der Waals surface area contributed by atoms with Crippen molar-refractivity contribution in [2.24, 2.45) is 5.92 Å². The summed E-state index contributed by atoms with van der Waals surface area (Å²) in [6.45, 7) is 6.07. The quantitative estimate of drug-likeness (QED) is 0.503. The molecule has 1 aromatic heterocycles. The van der Waals surface area contributed by atoms with E-state index in [9.17, 15) is 5.26 Å². The highest BCUT2D eigenvalue weighted by Crippen LogP contribution is 2.29. The Morgan fingerprint density at radius 3 is 2.61 bits per heavy atom. The molecule has 4 nitrogen and oxygen atoms in total. The molecule has 0 aliphatic heterocycles. The number of hydrogen-bond acceptors (Lipinski definition) is 4. The highest BCUT2D eigenvalue weighted by Gasteiger charge is 2.16. The van der Waals surface area contributed by atoms with Gasteiger partial charge in [0.25, 0.3) is 0 Å². The van der Waals surface area contributed by atoms with Gasteiger partial charge in [0.1, 0.15) is 5.76 Å². The fraction of sp³-hybridized carbons (Fsp3) is 0.292. The zero-order valence-electron chi connectivity index (χ0n) is 16.6. The molecule has 0 fully saturated rings. The molecular weight excluding hydrogens is 346 g/mol. The summed E-state index contributed by atoms with van der Waals surface area (Å²) in [5, 5.41) is 17.8. The van der Waals surface area contributed by atoms with E-state index in [1.165, 1.54) is 0 Å². The van der Waals surface area contributed by atoms with Gasteiger partial charge in [-0.05, 0) is 55.4 Å². The molecule has 2 aromatic carbocycles. The van der Waals surface area contributed by atoms with Crippen LogP contribution in [0.3, 0.4) is 0 Å². The van der Waals surface area contributed by atoms with Crippen molar-refractivity contribution in [2.75, 3.05) is 0 Å². The van der Waals surface area contributed by atoms with Gasteiger partial charge >= 0.3 is 0 Å².